The molecule has 4 rings (SSSR count). The first-order valence-electron chi connectivity index (χ1n) is 10.8. The van der Waals surface area contributed by atoms with Gasteiger partial charge in [0.2, 0.25) is 0 Å². The van der Waals surface area contributed by atoms with E-state index in [0.29, 0.717) is 38.0 Å². The number of fused-ring (bicyclic) bond motifs is 1. The number of aromatic amines is 1. The zero-order valence-electron chi connectivity index (χ0n) is 18.4. The molecule has 0 aliphatic carbocycles. The molecule has 2 aliphatic heterocycles. The fourth-order valence-electron chi connectivity index (χ4n) is 4.69. The summed E-state index contributed by atoms with van der Waals surface area (Å²) < 4.78 is 55.0. The number of nitrogens with zero attached hydrogens (tertiary/aromatic N) is 3. The third-order valence-electron chi connectivity index (χ3n) is 6.51. The molecule has 0 radical (unpaired) electrons. The number of amides is 3. The van der Waals surface area contributed by atoms with E-state index in [-0.39, 0.29) is 41.8 Å². The first kappa shape index (κ1) is 23.1. The summed E-state index contributed by atoms with van der Waals surface area (Å²) in [6.45, 7) is 2.59. The maximum atomic E-state index is 14.3. The number of piperidine rings is 1. The molecule has 3 amide bonds. The van der Waals surface area contributed by atoms with Gasteiger partial charge in [0.1, 0.15) is 5.82 Å². The quantitative estimate of drug-likeness (QED) is 0.663. The average molecular weight is 467 g/mol. The van der Waals surface area contributed by atoms with Gasteiger partial charge in [-0.3, -0.25) is 9.89 Å². The van der Waals surface area contributed by atoms with E-state index in [1.807, 2.05) is 0 Å². The van der Waals surface area contributed by atoms with Crippen LogP contribution in [0.1, 0.15) is 57.2 Å². The second-order valence-corrected chi connectivity index (χ2v) is 8.48. The van der Waals surface area contributed by atoms with Crippen LogP contribution in [0.4, 0.5) is 22.4 Å². The minimum Gasteiger partial charge on any atom is -0.341 e. The second-order valence-electron chi connectivity index (χ2n) is 8.48. The molecule has 7 nitrogen and oxygen atoms in total. The number of carbonyl (C=O) groups excluding carboxylic acids is 2. The van der Waals surface area contributed by atoms with E-state index >= 15 is 0 Å². The molecule has 1 fully saturated rings. The predicted molar refractivity (Wildman–Crippen MR) is 111 cm³/mol. The number of hydrogen-bond donors (Lipinski definition) is 2. The lowest BCUT2D eigenvalue weighted by Gasteiger charge is -2.33. The lowest BCUT2D eigenvalue weighted by molar-refractivity contribution is -0.141. The molecule has 2 N–H and O–H groups in total. The first-order valence-corrected chi connectivity index (χ1v) is 10.8. The summed E-state index contributed by atoms with van der Waals surface area (Å²) in [7, 11) is 1.55. The van der Waals surface area contributed by atoms with Crippen molar-refractivity contribution in [2.24, 2.45) is 0 Å². The maximum Gasteiger partial charge on any atom is 0.419 e. The van der Waals surface area contributed by atoms with Gasteiger partial charge in [0.25, 0.3) is 5.91 Å². The third-order valence-corrected chi connectivity index (χ3v) is 6.51. The highest BCUT2D eigenvalue weighted by Crippen LogP contribution is 2.41. The van der Waals surface area contributed by atoms with Crippen LogP contribution in [0.5, 0.6) is 0 Å². The van der Waals surface area contributed by atoms with Crippen molar-refractivity contribution in [1.82, 2.24) is 25.3 Å². The Balaban J connectivity index is 1.47. The van der Waals surface area contributed by atoms with Crippen molar-refractivity contribution in [2.45, 2.75) is 44.8 Å². The summed E-state index contributed by atoms with van der Waals surface area (Å²) in [6.07, 6.45) is -3.70. The Morgan fingerprint density at radius 3 is 2.48 bits per heavy atom. The SMILES string of the molecule is CNC(=O)N1CCc2c(C(=O)N3CCC(c4ccc(C)c(F)c4C(F)(F)F)CC3)n[nH]c2C1. The Bertz CT molecular complexity index is 1070. The molecule has 11 heteroatoms. The molecule has 3 heterocycles. The van der Waals surface area contributed by atoms with Gasteiger partial charge in [-0.1, -0.05) is 12.1 Å². The summed E-state index contributed by atoms with van der Waals surface area (Å²) in [5, 5.41) is 9.57. The number of aryl methyl sites for hydroxylation is 1. The number of carbonyl (C=O) groups is 2. The molecule has 178 valence electrons. The van der Waals surface area contributed by atoms with Crippen LogP contribution in [0.2, 0.25) is 0 Å². The van der Waals surface area contributed by atoms with Gasteiger partial charge in [0.05, 0.1) is 17.8 Å². The smallest absolute Gasteiger partial charge is 0.341 e. The molecule has 0 saturated carbocycles. The van der Waals surface area contributed by atoms with Gasteiger partial charge in [-0.05, 0) is 43.2 Å². The van der Waals surface area contributed by atoms with E-state index in [1.165, 1.54) is 19.1 Å². The van der Waals surface area contributed by atoms with Crippen LogP contribution in [0.3, 0.4) is 0 Å². The van der Waals surface area contributed by atoms with E-state index in [9.17, 15) is 27.2 Å². The van der Waals surface area contributed by atoms with Gasteiger partial charge < -0.3 is 15.1 Å². The van der Waals surface area contributed by atoms with Gasteiger partial charge in [-0.15, -0.1) is 0 Å². The number of hydrogen-bond acceptors (Lipinski definition) is 3. The van der Waals surface area contributed by atoms with E-state index in [4.69, 9.17) is 0 Å². The summed E-state index contributed by atoms with van der Waals surface area (Å²) in [5.41, 5.74) is 0.461. The van der Waals surface area contributed by atoms with Gasteiger partial charge in [0.15, 0.2) is 5.69 Å². The summed E-state index contributed by atoms with van der Waals surface area (Å²) in [4.78, 5) is 28.1. The van der Waals surface area contributed by atoms with Crippen molar-refractivity contribution in [3.05, 3.63) is 51.6 Å². The normalized spacial score (nSPS) is 17.2. The maximum absolute atomic E-state index is 14.3. The molecule has 1 aromatic heterocycles. The lowest BCUT2D eigenvalue weighted by atomic mass is 9.85. The number of alkyl halides is 3. The minimum atomic E-state index is -4.78. The van der Waals surface area contributed by atoms with Crippen molar-refractivity contribution in [3.63, 3.8) is 0 Å². The Morgan fingerprint density at radius 1 is 1.15 bits per heavy atom. The van der Waals surface area contributed by atoms with Crippen LogP contribution >= 0.6 is 0 Å². The largest absolute Gasteiger partial charge is 0.419 e. The number of nitrogens with one attached hydrogen (secondary N) is 2. The monoisotopic (exact) mass is 467 g/mol. The Labute approximate surface area is 188 Å². The van der Waals surface area contributed by atoms with Crippen molar-refractivity contribution >= 4 is 11.9 Å². The standard InChI is InChI=1S/C22H25F4N5O2/c1-12-3-4-14(17(18(12)23)22(24,25)26)13-5-8-30(9-6-13)20(32)19-15-7-10-31(21(33)27-2)11-16(15)28-29-19/h3-4,13H,5-11H2,1-2H3,(H,27,33)(H,28,29). The number of likely N-dealkylation sites (tertiary alicyclic amines) is 1. The summed E-state index contributed by atoms with van der Waals surface area (Å²) >= 11 is 0. The molecular formula is C22H25F4N5O2. The molecular weight excluding hydrogens is 442 g/mol. The van der Waals surface area contributed by atoms with Crippen LogP contribution < -0.4 is 5.32 Å². The van der Waals surface area contributed by atoms with Gasteiger partial charge >= 0.3 is 12.2 Å². The molecule has 0 unspecified atom stereocenters. The number of H-pyrrole nitrogens is 1. The van der Waals surface area contributed by atoms with Crippen molar-refractivity contribution in [2.75, 3.05) is 26.7 Å². The average Bonchev–Trinajstić information content (AvgIpc) is 3.22. The predicted octanol–water partition coefficient (Wildman–Crippen LogP) is 3.59. The van der Waals surface area contributed by atoms with Gasteiger partial charge in [-0.2, -0.15) is 18.3 Å². The highest BCUT2D eigenvalue weighted by Gasteiger charge is 2.40. The molecule has 1 aromatic carbocycles. The molecule has 0 atom stereocenters. The Morgan fingerprint density at radius 2 is 1.85 bits per heavy atom. The number of halogens is 4. The first-order chi connectivity index (χ1) is 15.6. The van der Waals surface area contributed by atoms with E-state index in [1.54, 1.807) is 16.8 Å². The Hall–Kier alpha value is -3.11. The number of aromatic nitrogens is 2. The van der Waals surface area contributed by atoms with E-state index in [2.05, 4.69) is 15.5 Å². The van der Waals surface area contributed by atoms with Crippen LogP contribution in [0.15, 0.2) is 12.1 Å². The molecule has 2 aromatic rings. The molecule has 33 heavy (non-hydrogen) atoms. The van der Waals surface area contributed by atoms with Crippen LogP contribution in [-0.4, -0.2) is 58.6 Å². The van der Waals surface area contributed by atoms with E-state index < -0.39 is 23.5 Å². The molecule has 1 saturated heterocycles. The van der Waals surface area contributed by atoms with Crippen molar-refractivity contribution < 1.29 is 27.2 Å². The van der Waals surface area contributed by atoms with Gasteiger partial charge in [-0.25, -0.2) is 9.18 Å². The van der Waals surface area contributed by atoms with Crippen molar-refractivity contribution in [1.29, 1.82) is 0 Å². The van der Waals surface area contributed by atoms with Crippen LogP contribution in [0.25, 0.3) is 0 Å². The highest BCUT2D eigenvalue weighted by atomic mass is 19.4. The van der Waals surface area contributed by atoms with Crippen molar-refractivity contribution in [3.8, 4) is 0 Å². The van der Waals surface area contributed by atoms with E-state index in [0.717, 1.165) is 5.56 Å². The number of urea groups is 1. The zero-order chi connectivity index (χ0) is 23.9. The number of rotatable bonds is 2. The topological polar surface area (TPSA) is 81.3 Å². The Kier molecular flexibility index (Phi) is 6.06. The summed E-state index contributed by atoms with van der Waals surface area (Å²) in [5.74, 6) is -2.01. The zero-order valence-corrected chi connectivity index (χ0v) is 18.4. The molecule has 0 spiro atoms. The fourth-order valence-corrected chi connectivity index (χ4v) is 4.69. The highest BCUT2D eigenvalue weighted by molar-refractivity contribution is 5.94. The third kappa shape index (κ3) is 4.28. The van der Waals surface area contributed by atoms with Crippen LogP contribution in [-0.2, 0) is 19.1 Å². The lowest BCUT2D eigenvalue weighted by Crippen LogP contribution is -2.42. The van der Waals surface area contributed by atoms with Gasteiger partial charge in [0, 0.05) is 32.2 Å². The fraction of sp³-hybridized carbons (Fsp3) is 0.500. The minimum absolute atomic E-state index is 0.0445. The molecule has 0 bridgehead atoms. The molecule has 2 aliphatic rings. The summed E-state index contributed by atoms with van der Waals surface area (Å²) in [6, 6.07) is 2.51. The second kappa shape index (κ2) is 8.68. The van der Waals surface area contributed by atoms with Crippen LogP contribution in [0, 0.1) is 12.7 Å². The number of benzene rings is 1.